The highest BCUT2D eigenvalue weighted by atomic mass is 32.2. The second-order valence-corrected chi connectivity index (χ2v) is 7.00. The van der Waals surface area contributed by atoms with Crippen molar-refractivity contribution in [2.75, 3.05) is 12.4 Å². The molecular formula is C11H16BFO5S. The van der Waals surface area contributed by atoms with Crippen LogP contribution in [-0.2, 0) is 9.84 Å². The van der Waals surface area contributed by atoms with Crippen LogP contribution in [0, 0.1) is 5.82 Å². The summed E-state index contributed by atoms with van der Waals surface area (Å²) in [6.45, 7) is 2.94. The zero-order chi connectivity index (χ0) is 14.6. The van der Waals surface area contributed by atoms with Crippen molar-refractivity contribution in [3.63, 3.8) is 0 Å². The molecule has 0 saturated carbocycles. The third kappa shape index (κ3) is 4.48. The first kappa shape index (κ1) is 15.9. The smallest absolute Gasteiger partial charge is 0.492 e. The number of halogens is 1. The highest BCUT2D eigenvalue weighted by Gasteiger charge is 2.20. The van der Waals surface area contributed by atoms with E-state index in [1.165, 1.54) is 6.07 Å². The second-order valence-electron chi connectivity index (χ2n) is 4.32. The number of rotatable bonds is 6. The number of hydrogen-bond donors (Lipinski definition) is 2. The molecule has 0 aliphatic carbocycles. The summed E-state index contributed by atoms with van der Waals surface area (Å²) < 4.78 is 41.3. The summed E-state index contributed by atoms with van der Waals surface area (Å²) in [4.78, 5) is 0. The molecule has 0 fully saturated rings. The second kappa shape index (κ2) is 6.36. The van der Waals surface area contributed by atoms with Gasteiger partial charge in [0.2, 0.25) is 0 Å². The van der Waals surface area contributed by atoms with Crippen LogP contribution in [0.2, 0.25) is 0 Å². The van der Waals surface area contributed by atoms with Crippen LogP contribution in [0.4, 0.5) is 4.39 Å². The first-order chi connectivity index (χ1) is 8.74. The van der Waals surface area contributed by atoms with Crippen LogP contribution in [0.5, 0.6) is 5.75 Å². The first-order valence-electron chi connectivity index (χ1n) is 5.74. The molecule has 1 rings (SSSR count). The van der Waals surface area contributed by atoms with Crippen molar-refractivity contribution in [3.8, 4) is 5.75 Å². The van der Waals surface area contributed by atoms with E-state index in [2.05, 4.69) is 0 Å². The monoisotopic (exact) mass is 290 g/mol. The molecule has 1 aromatic rings. The van der Waals surface area contributed by atoms with Gasteiger partial charge in [0.05, 0.1) is 11.0 Å². The minimum Gasteiger partial charge on any atom is -0.493 e. The summed E-state index contributed by atoms with van der Waals surface area (Å²) in [5, 5.41) is 17.6. The number of benzene rings is 1. The van der Waals surface area contributed by atoms with Gasteiger partial charge in [-0.15, -0.1) is 0 Å². The molecule has 0 radical (unpaired) electrons. The Morgan fingerprint density at radius 3 is 2.53 bits per heavy atom. The van der Waals surface area contributed by atoms with E-state index < -0.39 is 28.0 Å². The van der Waals surface area contributed by atoms with Crippen molar-refractivity contribution in [3.05, 3.63) is 24.0 Å². The van der Waals surface area contributed by atoms with E-state index in [9.17, 15) is 12.8 Å². The van der Waals surface area contributed by atoms with Gasteiger partial charge in [-0.05, 0) is 19.9 Å². The van der Waals surface area contributed by atoms with Gasteiger partial charge >= 0.3 is 7.12 Å². The summed E-state index contributed by atoms with van der Waals surface area (Å²) in [5.74, 6) is -0.901. The maximum Gasteiger partial charge on any atom is 0.492 e. The largest absolute Gasteiger partial charge is 0.493 e. The van der Waals surface area contributed by atoms with Gasteiger partial charge in [0, 0.05) is 11.5 Å². The Morgan fingerprint density at radius 2 is 2.00 bits per heavy atom. The molecular weight excluding hydrogens is 274 g/mol. The van der Waals surface area contributed by atoms with Crippen LogP contribution >= 0.6 is 0 Å². The quantitative estimate of drug-likeness (QED) is 0.703. The van der Waals surface area contributed by atoms with Gasteiger partial charge in [-0.1, -0.05) is 6.07 Å². The van der Waals surface area contributed by atoms with Crippen LogP contribution in [-0.4, -0.2) is 43.2 Å². The van der Waals surface area contributed by atoms with Gasteiger partial charge in [0.1, 0.15) is 18.2 Å². The maximum absolute atomic E-state index is 13.0. The molecule has 0 amide bonds. The van der Waals surface area contributed by atoms with Crippen molar-refractivity contribution in [2.45, 2.75) is 19.1 Å². The molecule has 5 nitrogen and oxygen atoms in total. The average Bonchev–Trinajstić information content (AvgIpc) is 2.28. The minimum absolute atomic E-state index is 0.0108. The molecule has 0 unspecified atom stereocenters. The van der Waals surface area contributed by atoms with Crippen LogP contribution in [0.3, 0.4) is 0 Å². The lowest BCUT2D eigenvalue weighted by Gasteiger charge is -2.12. The van der Waals surface area contributed by atoms with E-state index in [4.69, 9.17) is 14.8 Å². The molecule has 106 valence electrons. The standard InChI is InChI=1S/C11H16BFO5S/c1-8(2)19(16,17)6-5-18-11-7-9(13)3-4-10(11)12(14)15/h3-4,7-8,14-15H,5-6H2,1-2H3. The van der Waals surface area contributed by atoms with Crippen LogP contribution in [0.15, 0.2) is 18.2 Å². The lowest BCUT2D eigenvalue weighted by atomic mass is 9.79. The fourth-order valence-electron chi connectivity index (χ4n) is 1.35. The van der Waals surface area contributed by atoms with Crippen LogP contribution < -0.4 is 10.2 Å². The van der Waals surface area contributed by atoms with Crippen molar-refractivity contribution in [2.24, 2.45) is 0 Å². The first-order valence-corrected chi connectivity index (χ1v) is 7.45. The summed E-state index contributed by atoms with van der Waals surface area (Å²) in [6, 6.07) is 3.22. The topological polar surface area (TPSA) is 83.8 Å². The van der Waals surface area contributed by atoms with E-state index >= 15 is 0 Å². The zero-order valence-corrected chi connectivity index (χ0v) is 11.5. The van der Waals surface area contributed by atoms with E-state index in [1.807, 2.05) is 0 Å². The molecule has 1 aromatic carbocycles. The fraction of sp³-hybridized carbons (Fsp3) is 0.455. The Hall–Kier alpha value is -1.12. The van der Waals surface area contributed by atoms with Gasteiger partial charge < -0.3 is 14.8 Å². The Labute approximate surface area is 112 Å². The zero-order valence-electron chi connectivity index (χ0n) is 10.7. The van der Waals surface area contributed by atoms with Crippen molar-refractivity contribution in [1.82, 2.24) is 0 Å². The van der Waals surface area contributed by atoms with Gasteiger partial charge in [-0.2, -0.15) is 0 Å². The highest BCUT2D eigenvalue weighted by Crippen LogP contribution is 2.11. The summed E-state index contributed by atoms with van der Waals surface area (Å²) in [5.41, 5.74) is -0.0108. The molecule has 0 saturated heterocycles. The third-order valence-corrected chi connectivity index (χ3v) is 4.77. The van der Waals surface area contributed by atoms with E-state index in [0.29, 0.717) is 0 Å². The molecule has 19 heavy (non-hydrogen) atoms. The van der Waals surface area contributed by atoms with Gasteiger partial charge in [-0.25, -0.2) is 12.8 Å². The van der Waals surface area contributed by atoms with Gasteiger partial charge in [-0.3, -0.25) is 0 Å². The number of sulfone groups is 1. The normalized spacial score (nSPS) is 11.7. The van der Waals surface area contributed by atoms with Crippen molar-refractivity contribution >= 4 is 22.4 Å². The highest BCUT2D eigenvalue weighted by molar-refractivity contribution is 7.91. The number of hydrogen-bond acceptors (Lipinski definition) is 5. The molecule has 0 heterocycles. The van der Waals surface area contributed by atoms with E-state index in [1.54, 1.807) is 13.8 Å². The maximum atomic E-state index is 13.0. The number of ether oxygens (including phenoxy) is 1. The van der Waals surface area contributed by atoms with Crippen molar-refractivity contribution in [1.29, 1.82) is 0 Å². The molecule has 0 aliphatic heterocycles. The molecule has 0 spiro atoms. The molecule has 8 heteroatoms. The van der Waals surface area contributed by atoms with Crippen molar-refractivity contribution < 1.29 is 27.6 Å². The van der Waals surface area contributed by atoms with Gasteiger partial charge in [0.25, 0.3) is 0 Å². The Bertz CT molecular complexity index is 530. The Morgan fingerprint density at radius 1 is 1.37 bits per heavy atom. The minimum atomic E-state index is -3.26. The van der Waals surface area contributed by atoms with Crippen LogP contribution in [0.1, 0.15) is 13.8 Å². The van der Waals surface area contributed by atoms with E-state index in [0.717, 1.165) is 12.1 Å². The van der Waals surface area contributed by atoms with Crippen LogP contribution in [0.25, 0.3) is 0 Å². The lowest BCUT2D eigenvalue weighted by Crippen LogP contribution is -2.32. The molecule has 0 aliphatic rings. The molecule has 2 N–H and O–H groups in total. The Balaban J connectivity index is 2.75. The molecule has 0 atom stereocenters. The third-order valence-electron chi connectivity index (χ3n) is 2.60. The predicted molar refractivity (Wildman–Crippen MR) is 70.6 cm³/mol. The lowest BCUT2D eigenvalue weighted by molar-refractivity contribution is 0.338. The summed E-state index contributed by atoms with van der Waals surface area (Å²) >= 11 is 0. The van der Waals surface area contributed by atoms with Gasteiger partial charge in [0.15, 0.2) is 9.84 Å². The summed E-state index contributed by atoms with van der Waals surface area (Å²) in [6.07, 6.45) is 0. The van der Waals surface area contributed by atoms with E-state index in [-0.39, 0.29) is 23.6 Å². The summed E-state index contributed by atoms with van der Waals surface area (Å²) in [7, 11) is -5.06. The predicted octanol–water partition coefficient (Wildman–Crippen LogP) is -0.292. The molecule has 0 bridgehead atoms. The fourth-order valence-corrected chi connectivity index (χ4v) is 2.14. The SMILES string of the molecule is CC(C)S(=O)(=O)CCOc1cc(F)ccc1B(O)O. The molecule has 0 aromatic heterocycles. The Kier molecular flexibility index (Phi) is 5.33. The average molecular weight is 290 g/mol.